The molecule has 1 aromatic rings. The van der Waals surface area contributed by atoms with Crippen LogP contribution in [-0.4, -0.2) is 17.6 Å². The van der Waals surface area contributed by atoms with Crippen LogP contribution in [0.3, 0.4) is 0 Å². The molecule has 0 bridgehead atoms. The molecule has 0 saturated carbocycles. The van der Waals surface area contributed by atoms with Crippen molar-refractivity contribution in [2.75, 3.05) is 6.54 Å². The Labute approximate surface area is 81.9 Å². The lowest BCUT2D eigenvalue weighted by Gasteiger charge is -2.22. The average molecular weight is 195 g/mol. The summed E-state index contributed by atoms with van der Waals surface area (Å²) in [5.41, 5.74) is 1.12. The van der Waals surface area contributed by atoms with Crippen LogP contribution >= 0.6 is 0 Å². The Kier molecular flexibility index (Phi) is 2.54. The van der Waals surface area contributed by atoms with Gasteiger partial charge in [0.2, 0.25) is 0 Å². The van der Waals surface area contributed by atoms with Crippen LogP contribution in [0.15, 0.2) is 16.7 Å². The van der Waals surface area contributed by atoms with Crippen LogP contribution in [0, 0.1) is 0 Å². The largest absolute Gasteiger partial charge is 0.481 e. The molecule has 1 aliphatic heterocycles. The number of carbonyl (C=O) groups is 1. The number of carboxylic acids is 1. The molecule has 2 rings (SSSR count). The molecule has 1 aliphatic rings. The van der Waals surface area contributed by atoms with E-state index >= 15 is 0 Å². The highest BCUT2D eigenvalue weighted by atomic mass is 16.4. The second kappa shape index (κ2) is 3.84. The molecular formula is C10H13NO3. The van der Waals surface area contributed by atoms with E-state index in [2.05, 4.69) is 5.32 Å². The fourth-order valence-corrected chi connectivity index (χ4v) is 1.86. The van der Waals surface area contributed by atoms with E-state index in [0.717, 1.165) is 24.3 Å². The monoisotopic (exact) mass is 195 g/mol. The van der Waals surface area contributed by atoms with Crippen molar-refractivity contribution in [3.05, 3.63) is 23.7 Å². The van der Waals surface area contributed by atoms with Crippen molar-refractivity contribution < 1.29 is 14.3 Å². The van der Waals surface area contributed by atoms with E-state index in [0.29, 0.717) is 6.42 Å². The van der Waals surface area contributed by atoms with E-state index in [9.17, 15) is 4.79 Å². The van der Waals surface area contributed by atoms with E-state index in [-0.39, 0.29) is 12.5 Å². The number of hydrogen-bond donors (Lipinski definition) is 2. The molecule has 0 spiro atoms. The zero-order chi connectivity index (χ0) is 9.97. The van der Waals surface area contributed by atoms with Crippen molar-refractivity contribution >= 4 is 5.97 Å². The molecule has 76 valence electrons. The fourth-order valence-electron chi connectivity index (χ4n) is 1.86. The summed E-state index contributed by atoms with van der Waals surface area (Å²) >= 11 is 0. The molecule has 0 amide bonds. The first-order valence-electron chi connectivity index (χ1n) is 4.79. The van der Waals surface area contributed by atoms with E-state index < -0.39 is 5.97 Å². The lowest BCUT2D eigenvalue weighted by molar-refractivity contribution is -0.137. The summed E-state index contributed by atoms with van der Waals surface area (Å²) in [7, 11) is 0. The van der Waals surface area contributed by atoms with Gasteiger partial charge in [-0.2, -0.15) is 0 Å². The zero-order valence-corrected chi connectivity index (χ0v) is 7.82. The highest BCUT2D eigenvalue weighted by Crippen LogP contribution is 2.26. The van der Waals surface area contributed by atoms with Crippen LogP contribution in [0.5, 0.6) is 0 Å². The molecule has 1 unspecified atom stereocenters. The van der Waals surface area contributed by atoms with Gasteiger partial charge in [0.25, 0.3) is 0 Å². The second-order valence-corrected chi connectivity index (χ2v) is 3.49. The van der Waals surface area contributed by atoms with Crippen molar-refractivity contribution in [3.63, 3.8) is 0 Å². The highest BCUT2D eigenvalue weighted by Gasteiger charge is 2.22. The summed E-state index contributed by atoms with van der Waals surface area (Å²) in [6.07, 6.45) is 3.39. The number of furan rings is 1. The van der Waals surface area contributed by atoms with Gasteiger partial charge < -0.3 is 14.8 Å². The van der Waals surface area contributed by atoms with Gasteiger partial charge in [0.05, 0.1) is 6.26 Å². The molecule has 2 heterocycles. The van der Waals surface area contributed by atoms with Crippen molar-refractivity contribution in [1.29, 1.82) is 0 Å². The number of fused-ring (bicyclic) bond motifs is 1. The lowest BCUT2D eigenvalue weighted by Crippen LogP contribution is -2.29. The summed E-state index contributed by atoms with van der Waals surface area (Å²) < 4.78 is 5.31. The standard InChI is InChI=1S/C10H13NO3/c12-10(13)2-1-8-7-4-6-14-9(7)3-5-11-8/h4,6,8,11H,1-3,5H2,(H,12,13). The third-order valence-corrected chi connectivity index (χ3v) is 2.54. The quantitative estimate of drug-likeness (QED) is 0.763. The Morgan fingerprint density at radius 3 is 3.36 bits per heavy atom. The first kappa shape index (κ1) is 9.27. The van der Waals surface area contributed by atoms with Gasteiger partial charge in [0.15, 0.2) is 0 Å². The van der Waals surface area contributed by atoms with E-state index in [1.165, 1.54) is 0 Å². The van der Waals surface area contributed by atoms with Crippen LogP contribution in [0.25, 0.3) is 0 Å². The molecule has 1 atom stereocenters. The minimum absolute atomic E-state index is 0.147. The molecule has 1 aromatic heterocycles. The molecule has 0 radical (unpaired) electrons. The number of aliphatic carboxylic acids is 1. The van der Waals surface area contributed by atoms with Gasteiger partial charge in [-0.3, -0.25) is 4.79 Å². The average Bonchev–Trinajstić information content (AvgIpc) is 2.62. The van der Waals surface area contributed by atoms with E-state index in [4.69, 9.17) is 9.52 Å². The summed E-state index contributed by atoms with van der Waals surface area (Å²) in [4.78, 5) is 10.4. The van der Waals surface area contributed by atoms with Gasteiger partial charge in [0, 0.05) is 31.0 Å². The molecule has 0 aliphatic carbocycles. The van der Waals surface area contributed by atoms with Crippen molar-refractivity contribution in [1.82, 2.24) is 5.32 Å². The lowest BCUT2D eigenvalue weighted by atomic mass is 9.98. The third-order valence-electron chi connectivity index (χ3n) is 2.54. The predicted octanol–water partition coefficient (Wildman–Crippen LogP) is 1.33. The van der Waals surface area contributed by atoms with Crippen molar-refractivity contribution in [2.45, 2.75) is 25.3 Å². The van der Waals surface area contributed by atoms with Crippen LogP contribution < -0.4 is 5.32 Å². The molecule has 4 nitrogen and oxygen atoms in total. The maximum atomic E-state index is 10.4. The molecule has 0 aromatic carbocycles. The summed E-state index contributed by atoms with van der Waals surface area (Å²) in [5.74, 6) is 0.251. The Balaban J connectivity index is 2.05. The molecule has 4 heteroatoms. The van der Waals surface area contributed by atoms with Gasteiger partial charge in [0.1, 0.15) is 5.76 Å². The first-order valence-corrected chi connectivity index (χ1v) is 4.79. The Bertz CT molecular complexity index is 332. The van der Waals surface area contributed by atoms with Gasteiger partial charge in [-0.25, -0.2) is 0 Å². The predicted molar refractivity (Wildman–Crippen MR) is 50.0 cm³/mol. The van der Waals surface area contributed by atoms with Gasteiger partial charge in [-0.05, 0) is 12.5 Å². The number of nitrogens with one attached hydrogen (secondary N) is 1. The normalized spacial score (nSPS) is 20.4. The minimum Gasteiger partial charge on any atom is -0.481 e. The van der Waals surface area contributed by atoms with Gasteiger partial charge >= 0.3 is 5.97 Å². The highest BCUT2D eigenvalue weighted by molar-refractivity contribution is 5.66. The second-order valence-electron chi connectivity index (χ2n) is 3.49. The Morgan fingerprint density at radius 1 is 1.71 bits per heavy atom. The van der Waals surface area contributed by atoms with Crippen molar-refractivity contribution in [2.24, 2.45) is 0 Å². The van der Waals surface area contributed by atoms with Crippen LogP contribution in [0.2, 0.25) is 0 Å². The maximum Gasteiger partial charge on any atom is 0.303 e. The topological polar surface area (TPSA) is 62.5 Å². The minimum atomic E-state index is -0.748. The molecule has 0 saturated heterocycles. The smallest absolute Gasteiger partial charge is 0.303 e. The Morgan fingerprint density at radius 2 is 2.57 bits per heavy atom. The Hall–Kier alpha value is -1.29. The van der Waals surface area contributed by atoms with E-state index in [1.54, 1.807) is 6.26 Å². The fraction of sp³-hybridized carbons (Fsp3) is 0.500. The summed E-state index contributed by atoms with van der Waals surface area (Å²) in [6, 6.07) is 2.07. The SMILES string of the molecule is O=C(O)CCC1NCCc2occc21. The van der Waals surface area contributed by atoms with Gasteiger partial charge in [-0.15, -0.1) is 0 Å². The third kappa shape index (κ3) is 1.80. The molecule has 0 fully saturated rings. The molecule has 2 N–H and O–H groups in total. The maximum absolute atomic E-state index is 10.4. The number of rotatable bonds is 3. The number of carboxylic acid groups (broad SMARTS) is 1. The zero-order valence-electron chi connectivity index (χ0n) is 7.82. The van der Waals surface area contributed by atoms with Crippen LogP contribution in [0.1, 0.15) is 30.2 Å². The van der Waals surface area contributed by atoms with Crippen LogP contribution in [0.4, 0.5) is 0 Å². The van der Waals surface area contributed by atoms with Crippen LogP contribution in [-0.2, 0) is 11.2 Å². The summed E-state index contributed by atoms with van der Waals surface area (Å²) in [5, 5.41) is 11.9. The van der Waals surface area contributed by atoms with Crippen molar-refractivity contribution in [3.8, 4) is 0 Å². The van der Waals surface area contributed by atoms with E-state index in [1.807, 2.05) is 6.07 Å². The molecular weight excluding hydrogens is 182 g/mol. The first-order chi connectivity index (χ1) is 6.77. The molecule has 14 heavy (non-hydrogen) atoms. The number of hydrogen-bond acceptors (Lipinski definition) is 3. The van der Waals surface area contributed by atoms with Gasteiger partial charge in [-0.1, -0.05) is 0 Å². The summed E-state index contributed by atoms with van der Waals surface area (Å²) in [6.45, 7) is 0.866.